The Kier molecular flexibility index (Phi) is 5.49. The van der Waals surface area contributed by atoms with Crippen molar-refractivity contribution in [1.29, 1.82) is 0 Å². The van der Waals surface area contributed by atoms with Gasteiger partial charge in [-0.1, -0.05) is 43.4 Å². The molecule has 2 aromatic carbocycles. The van der Waals surface area contributed by atoms with E-state index in [1.165, 1.54) is 16.9 Å². The molecule has 0 saturated heterocycles. The van der Waals surface area contributed by atoms with Gasteiger partial charge in [-0.25, -0.2) is 4.98 Å². The average molecular weight is 446 g/mol. The Bertz CT molecular complexity index is 1270. The van der Waals surface area contributed by atoms with E-state index in [1.54, 1.807) is 35.5 Å². The molecule has 0 aliphatic carbocycles. The molecule has 0 N–H and O–H groups in total. The normalized spacial score (nSPS) is 12.8. The standard InChI is InChI=1S/C25H23N3O3S/c1-16(2)19-6-3-7-22-23(19)27-25(32-22)28(15-17-5-4-10-26-14-17)24(29)18-8-9-20-21(13-18)31-12-11-30-20/h3-10,13-14,16H,11-12,15H2,1-2H3. The van der Waals surface area contributed by atoms with Crippen LogP contribution in [0, 0.1) is 0 Å². The number of rotatable bonds is 5. The molecule has 0 saturated carbocycles. The maximum Gasteiger partial charge on any atom is 0.260 e. The van der Waals surface area contributed by atoms with Gasteiger partial charge in [0.25, 0.3) is 5.91 Å². The summed E-state index contributed by atoms with van der Waals surface area (Å²) in [5.74, 6) is 1.45. The van der Waals surface area contributed by atoms with Crippen LogP contribution in [0.4, 0.5) is 5.13 Å². The van der Waals surface area contributed by atoms with Crippen molar-refractivity contribution in [2.75, 3.05) is 18.1 Å². The summed E-state index contributed by atoms with van der Waals surface area (Å²) < 4.78 is 12.4. The van der Waals surface area contributed by atoms with Crippen LogP contribution in [0.5, 0.6) is 11.5 Å². The van der Waals surface area contributed by atoms with Crippen LogP contribution >= 0.6 is 11.3 Å². The second-order valence-corrected chi connectivity index (χ2v) is 8.97. The largest absolute Gasteiger partial charge is 0.486 e. The number of thiazole rings is 1. The number of aromatic nitrogens is 2. The van der Waals surface area contributed by atoms with Gasteiger partial charge in [0.15, 0.2) is 16.6 Å². The summed E-state index contributed by atoms with van der Waals surface area (Å²) >= 11 is 1.53. The third kappa shape index (κ3) is 3.91. The lowest BCUT2D eigenvalue weighted by Gasteiger charge is -2.22. The fourth-order valence-electron chi connectivity index (χ4n) is 3.77. The number of fused-ring (bicyclic) bond motifs is 2. The van der Waals surface area contributed by atoms with Gasteiger partial charge in [0.05, 0.1) is 16.8 Å². The van der Waals surface area contributed by atoms with Crippen molar-refractivity contribution in [1.82, 2.24) is 9.97 Å². The first-order chi connectivity index (χ1) is 15.6. The molecule has 0 fully saturated rings. The number of hydrogen-bond acceptors (Lipinski definition) is 6. The molecule has 0 unspecified atom stereocenters. The molecule has 32 heavy (non-hydrogen) atoms. The molecule has 1 amide bonds. The number of ether oxygens (including phenoxy) is 2. The zero-order valence-electron chi connectivity index (χ0n) is 17.9. The molecule has 5 rings (SSSR count). The molecule has 0 bridgehead atoms. The van der Waals surface area contributed by atoms with Crippen LogP contribution in [0.3, 0.4) is 0 Å². The molecule has 0 spiro atoms. The quantitative estimate of drug-likeness (QED) is 0.410. The number of carbonyl (C=O) groups is 1. The summed E-state index contributed by atoms with van der Waals surface area (Å²) in [7, 11) is 0. The monoisotopic (exact) mass is 445 g/mol. The Morgan fingerprint density at radius 2 is 1.94 bits per heavy atom. The molecule has 0 atom stereocenters. The predicted octanol–water partition coefficient (Wildman–Crippen LogP) is 5.43. The first-order valence-electron chi connectivity index (χ1n) is 10.6. The molecular weight excluding hydrogens is 422 g/mol. The molecule has 4 aromatic rings. The minimum absolute atomic E-state index is 0.143. The lowest BCUT2D eigenvalue weighted by molar-refractivity contribution is 0.0984. The highest BCUT2D eigenvalue weighted by Crippen LogP contribution is 2.36. The van der Waals surface area contributed by atoms with Crippen molar-refractivity contribution in [3.8, 4) is 11.5 Å². The SMILES string of the molecule is CC(C)c1cccc2sc(N(Cc3cccnc3)C(=O)c3ccc4c(c3)OCCO4)nc12. The van der Waals surface area contributed by atoms with Crippen molar-refractivity contribution >= 4 is 32.6 Å². The van der Waals surface area contributed by atoms with E-state index in [9.17, 15) is 4.79 Å². The van der Waals surface area contributed by atoms with Gasteiger partial charge in [-0.2, -0.15) is 0 Å². The number of anilines is 1. The second-order valence-electron chi connectivity index (χ2n) is 7.96. The van der Waals surface area contributed by atoms with E-state index in [1.807, 2.05) is 18.2 Å². The van der Waals surface area contributed by atoms with Gasteiger partial charge in [-0.3, -0.25) is 14.7 Å². The maximum absolute atomic E-state index is 13.7. The fraction of sp³-hybridized carbons (Fsp3) is 0.240. The van der Waals surface area contributed by atoms with E-state index in [0.717, 1.165) is 15.8 Å². The minimum Gasteiger partial charge on any atom is -0.486 e. The summed E-state index contributed by atoms with van der Waals surface area (Å²) in [6, 6.07) is 15.4. The summed E-state index contributed by atoms with van der Waals surface area (Å²) in [6.45, 7) is 5.66. The van der Waals surface area contributed by atoms with Crippen molar-refractivity contribution < 1.29 is 14.3 Å². The van der Waals surface area contributed by atoms with E-state index in [2.05, 4.69) is 31.0 Å². The van der Waals surface area contributed by atoms with E-state index < -0.39 is 0 Å². The van der Waals surface area contributed by atoms with E-state index in [-0.39, 0.29) is 5.91 Å². The Labute approximate surface area is 190 Å². The Balaban J connectivity index is 1.57. The molecule has 6 nitrogen and oxygen atoms in total. The average Bonchev–Trinajstić information content (AvgIpc) is 3.26. The molecule has 7 heteroatoms. The van der Waals surface area contributed by atoms with E-state index in [4.69, 9.17) is 14.5 Å². The van der Waals surface area contributed by atoms with Crippen LogP contribution in [0.1, 0.15) is 41.3 Å². The van der Waals surface area contributed by atoms with Gasteiger partial charge < -0.3 is 9.47 Å². The number of carbonyl (C=O) groups excluding carboxylic acids is 1. The van der Waals surface area contributed by atoms with Gasteiger partial charge in [0.2, 0.25) is 0 Å². The molecule has 162 valence electrons. The number of benzene rings is 2. The zero-order valence-corrected chi connectivity index (χ0v) is 18.8. The van der Waals surface area contributed by atoms with Gasteiger partial charge in [0, 0.05) is 18.0 Å². The first-order valence-corrected chi connectivity index (χ1v) is 11.4. The highest BCUT2D eigenvalue weighted by molar-refractivity contribution is 7.22. The molecule has 0 radical (unpaired) electrons. The smallest absolute Gasteiger partial charge is 0.260 e. The first kappa shape index (κ1) is 20.5. The molecular formula is C25H23N3O3S. The molecule has 2 aromatic heterocycles. The molecule has 3 heterocycles. The Hall–Kier alpha value is -3.45. The Morgan fingerprint density at radius 3 is 2.72 bits per heavy atom. The number of pyridine rings is 1. The van der Waals surface area contributed by atoms with Gasteiger partial charge in [-0.15, -0.1) is 0 Å². The summed E-state index contributed by atoms with van der Waals surface area (Å²) in [4.78, 5) is 24.5. The number of hydrogen-bond donors (Lipinski definition) is 0. The molecule has 1 aliphatic heterocycles. The van der Waals surface area contributed by atoms with Crippen LogP contribution in [0.2, 0.25) is 0 Å². The summed E-state index contributed by atoms with van der Waals surface area (Å²) in [6.07, 6.45) is 3.50. The van der Waals surface area contributed by atoms with E-state index in [0.29, 0.717) is 47.9 Å². The highest BCUT2D eigenvalue weighted by Gasteiger charge is 2.24. The molecule has 1 aliphatic rings. The number of nitrogens with zero attached hydrogens (tertiary/aromatic N) is 3. The van der Waals surface area contributed by atoms with Crippen LogP contribution in [0.25, 0.3) is 10.2 Å². The number of para-hydroxylation sites is 1. The minimum atomic E-state index is -0.143. The maximum atomic E-state index is 13.7. The topological polar surface area (TPSA) is 64.6 Å². The third-order valence-electron chi connectivity index (χ3n) is 5.39. The summed E-state index contributed by atoms with van der Waals surface area (Å²) in [5, 5.41) is 0.664. The van der Waals surface area contributed by atoms with Gasteiger partial charge in [0.1, 0.15) is 13.2 Å². The second kappa shape index (κ2) is 8.59. The Morgan fingerprint density at radius 1 is 1.09 bits per heavy atom. The number of amides is 1. The van der Waals surface area contributed by atoms with Crippen LogP contribution < -0.4 is 14.4 Å². The van der Waals surface area contributed by atoms with Crippen LogP contribution in [-0.4, -0.2) is 29.1 Å². The van der Waals surface area contributed by atoms with E-state index >= 15 is 0 Å². The van der Waals surface area contributed by atoms with Gasteiger partial charge in [-0.05, 0) is 47.4 Å². The highest BCUT2D eigenvalue weighted by atomic mass is 32.1. The predicted molar refractivity (Wildman–Crippen MR) is 126 cm³/mol. The fourth-order valence-corrected chi connectivity index (χ4v) is 4.77. The van der Waals surface area contributed by atoms with Crippen molar-refractivity contribution in [2.24, 2.45) is 0 Å². The lowest BCUT2D eigenvalue weighted by atomic mass is 10.0. The van der Waals surface area contributed by atoms with Gasteiger partial charge >= 0.3 is 0 Å². The van der Waals surface area contributed by atoms with Crippen LogP contribution in [-0.2, 0) is 6.54 Å². The third-order valence-corrected chi connectivity index (χ3v) is 6.43. The lowest BCUT2D eigenvalue weighted by Crippen LogP contribution is -2.30. The zero-order chi connectivity index (χ0) is 22.1. The van der Waals surface area contributed by atoms with Crippen molar-refractivity contribution in [3.63, 3.8) is 0 Å². The van der Waals surface area contributed by atoms with Crippen molar-refractivity contribution in [2.45, 2.75) is 26.3 Å². The van der Waals surface area contributed by atoms with Crippen LogP contribution in [0.15, 0.2) is 60.9 Å². The van der Waals surface area contributed by atoms with Crippen molar-refractivity contribution in [3.05, 3.63) is 77.6 Å². The summed E-state index contributed by atoms with van der Waals surface area (Å²) in [5.41, 5.74) is 3.59.